The van der Waals surface area contributed by atoms with E-state index in [4.69, 9.17) is 15.0 Å². The molecule has 1 aliphatic rings. The van der Waals surface area contributed by atoms with E-state index in [1.165, 1.54) is 64.7 Å². The van der Waals surface area contributed by atoms with Crippen molar-refractivity contribution in [3.05, 3.63) is 181 Å². The van der Waals surface area contributed by atoms with Crippen LogP contribution in [-0.4, -0.2) is 15.0 Å². The Hall–Kier alpha value is -6.41. The maximum Gasteiger partial charge on any atom is 0.164 e. The summed E-state index contributed by atoms with van der Waals surface area (Å²) in [6.45, 7) is 4.67. The highest BCUT2D eigenvalue weighted by Crippen LogP contribution is 2.56. The van der Waals surface area contributed by atoms with Gasteiger partial charge in [-0.1, -0.05) is 167 Å². The topological polar surface area (TPSA) is 38.7 Å². The number of hydrogen-bond acceptors (Lipinski definition) is 3. The summed E-state index contributed by atoms with van der Waals surface area (Å²) in [7, 11) is -0.653. The first-order valence-corrected chi connectivity index (χ1v) is 19.9. The molecule has 0 radical (unpaired) electrons. The Labute approximate surface area is 314 Å². The van der Waals surface area contributed by atoms with Gasteiger partial charge in [-0.05, 0) is 84.1 Å². The molecule has 0 aliphatic heterocycles. The number of benzene rings is 8. The predicted octanol–water partition coefficient (Wildman–Crippen LogP) is 13.8. The van der Waals surface area contributed by atoms with Crippen LogP contribution in [0.25, 0.3) is 93.1 Å². The van der Waals surface area contributed by atoms with Crippen molar-refractivity contribution in [1.29, 1.82) is 0 Å². The molecule has 0 N–H and O–H groups in total. The maximum absolute atomic E-state index is 5.28. The number of aromatic nitrogens is 3. The smallest absolute Gasteiger partial charge is 0.164 e. The van der Waals surface area contributed by atoms with Gasteiger partial charge >= 0.3 is 0 Å². The summed E-state index contributed by atoms with van der Waals surface area (Å²) in [5, 5.41) is 11.6. The summed E-state index contributed by atoms with van der Waals surface area (Å²) >= 11 is 0. The third kappa shape index (κ3) is 4.72. The van der Waals surface area contributed by atoms with E-state index in [0.717, 1.165) is 22.1 Å². The molecular weight excluding hydrogens is 674 g/mol. The van der Waals surface area contributed by atoms with E-state index >= 15 is 0 Å². The monoisotopic (exact) mass is 707 g/mol. The Balaban J connectivity index is 1.13. The van der Waals surface area contributed by atoms with E-state index in [1.807, 2.05) is 0 Å². The lowest BCUT2D eigenvalue weighted by molar-refractivity contribution is 0.661. The van der Waals surface area contributed by atoms with E-state index in [0.29, 0.717) is 17.5 Å². The zero-order valence-corrected chi connectivity index (χ0v) is 30.8. The third-order valence-electron chi connectivity index (χ3n) is 11.4. The lowest BCUT2D eigenvalue weighted by Gasteiger charge is -2.21. The normalized spacial score (nSPS) is 13.5. The van der Waals surface area contributed by atoms with Crippen molar-refractivity contribution in [2.24, 2.45) is 0 Å². The molecule has 0 fully saturated rings. The van der Waals surface area contributed by atoms with Gasteiger partial charge in [-0.25, -0.2) is 15.0 Å². The summed E-state index contributed by atoms with van der Waals surface area (Å²) in [5.74, 6) is 2.01. The van der Waals surface area contributed by atoms with Crippen molar-refractivity contribution in [3.63, 3.8) is 0 Å². The molecule has 4 heteroatoms. The van der Waals surface area contributed by atoms with Crippen LogP contribution in [0.15, 0.2) is 170 Å². The van der Waals surface area contributed by atoms with E-state index in [1.54, 1.807) is 0 Å². The van der Waals surface area contributed by atoms with Gasteiger partial charge in [0.1, 0.15) is 0 Å². The average Bonchev–Trinajstić information content (AvgIpc) is 3.68. The largest absolute Gasteiger partial charge is 0.208 e. The van der Waals surface area contributed by atoms with Crippen LogP contribution in [-0.2, 0) is 5.41 Å². The van der Waals surface area contributed by atoms with Gasteiger partial charge in [0.15, 0.2) is 17.5 Å². The van der Waals surface area contributed by atoms with Gasteiger partial charge in [0.25, 0.3) is 0 Å². The van der Waals surface area contributed by atoms with E-state index < -0.39 is 7.53 Å². The molecule has 0 spiro atoms. The Morgan fingerprint density at radius 2 is 0.963 bits per heavy atom. The molecule has 0 amide bonds. The number of nitrogens with zero attached hydrogens (tertiary/aromatic N) is 3. The molecule has 0 saturated carbocycles. The van der Waals surface area contributed by atoms with Crippen molar-refractivity contribution in [1.82, 2.24) is 15.0 Å². The van der Waals surface area contributed by atoms with Gasteiger partial charge in [-0.15, -0.1) is 0 Å². The quantitative estimate of drug-likeness (QED) is 0.183. The van der Waals surface area contributed by atoms with Gasteiger partial charge in [0.2, 0.25) is 0 Å². The standard InChI is InChI=1S/C50H34N3P/c1-50(2)42-25-23-35(30-41(42)46-38-17-9-8-13-32(38)22-26-43(46)50)48-51-47(34-21-20-31-12-6-7-14-33(31)28-34)52-49(53-48)36-24-27-45-40(29-36)39-18-10-11-19-44(39)54(45)37-15-4-3-5-16-37/h3-30H,1-2H3. The lowest BCUT2D eigenvalue weighted by atomic mass is 9.82. The predicted molar refractivity (Wildman–Crippen MR) is 228 cm³/mol. The maximum atomic E-state index is 5.28. The highest BCUT2D eigenvalue weighted by Gasteiger charge is 2.36. The van der Waals surface area contributed by atoms with E-state index in [2.05, 4.69) is 184 Å². The van der Waals surface area contributed by atoms with Crippen LogP contribution < -0.4 is 0 Å². The molecule has 10 aromatic rings. The zero-order valence-electron chi connectivity index (χ0n) is 30.0. The number of hydrogen-bond donors (Lipinski definition) is 0. The van der Waals surface area contributed by atoms with Crippen LogP contribution >= 0.6 is 7.53 Å². The van der Waals surface area contributed by atoms with Crippen LogP contribution in [0.3, 0.4) is 0 Å². The fraction of sp³-hybridized carbons (Fsp3) is 0.0600. The van der Waals surface area contributed by atoms with Gasteiger partial charge in [-0.3, -0.25) is 0 Å². The first kappa shape index (κ1) is 31.1. The Morgan fingerprint density at radius 1 is 0.407 bits per heavy atom. The van der Waals surface area contributed by atoms with Crippen LogP contribution in [0.5, 0.6) is 0 Å². The third-order valence-corrected chi connectivity index (χ3v) is 14.0. The molecule has 11 rings (SSSR count). The van der Waals surface area contributed by atoms with Crippen LogP contribution in [0.1, 0.15) is 25.0 Å². The highest BCUT2D eigenvalue weighted by atomic mass is 31.1. The molecule has 54 heavy (non-hydrogen) atoms. The second kappa shape index (κ2) is 11.8. The van der Waals surface area contributed by atoms with Crippen molar-refractivity contribution in [2.45, 2.75) is 19.3 Å². The highest BCUT2D eigenvalue weighted by molar-refractivity contribution is 7.67. The van der Waals surface area contributed by atoms with Gasteiger partial charge < -0.3 is 0 Å². The second-order valence-corrected chi connectivity index (χ2v) is 17.0. The molecule has 2 aromatic heterocycles. The second-order valence-electron chi connectivity index (χ2n) is 14.9. The van der Waals surface area contributed by atoms with Crippen LogP contribution in [0, 0.1) is 0 Å². The summed E-state index contributed by atoms with van der Waals surface area (Å²) in [6, 6.07) is 61.6. The minimum atomic E-state index is -0.653. The Bertz CT molecular complexity index is 3140. The minimum Gasteiger partial charge on any atom is -0.208 e. The lowest BCUT2D eigenvalue weighted by Crippen LogP contribution is -2.14. The summed E-state index contributed by atoms with van der Waals surface area (Å²) in [6.07, 6.45) is 0. The Kier molecular flexibility index (Phi) is 6.81. The average molecular weight is 708 g/mol. The summed E-state index contributed by atoms with van der Waals surface area (Å²) < 4.78 is 0. The van der Waals surface area contributed by atoms with Gasteiger partial charge in [0.05, 0.1) is 0 Å². The van der Waals surface area contributed by atoms with Crippen molar-refractivity contribution in [2.75, 3.05) is 0 Å². The molecular formula is C50H34N3P. The molecule has 1 atom stereocenters. The minimum absolute atomic E-state index is 0.117. The molecule has 2 heterocycles. The number of fused-ring (bicyclic) bond motifs is 9. The molecule has 0 bridgehead atoms. The first-order valence-electron chi connectivity index (χ1n) is 18.5. The van der Waals surface area contributed by atoms with Gasteiger partial charge in [-0.2, -0.15) is 0 Å². The van der Waals surface area contributed by atoms with E-state index in [9.17, 15) is 0 Å². The molecule has 254 valence electrons. The zero-order chi connectivity index (χ0) is 36.0. The fourth-order valence-electron chi connectivity index (χ4n) is 8.72. The Morgan fingerprint density at radius 3 is 1.76 bits per heavy atom. The summed E-state index contributed by atoms with van der Waals surface area (Å²) in [5.41, 5.74) is 8.06. The fourth-order valence-corrected chi connectivity index (χ4v) is 11.3. The summed E-state index contributed by atoms with van der Waals surface area (Å²) in [4.78, 5) is 15.7. The molecule has 8 aromatic carbocycles. The SMILES string of the molecule is CC1(C)c2ccc(-c3nc(-c4ccc5ccccc5c4)nc(-c4ccc5c(c4)c4ccccc4p5-c4ccccc4)n3)cc2-c2c1ccc1ccccc21. The first-order chi connectivity index (χ1) is 26.5. The van der Waals surface area contributed by atoms with Crippen LogP contribution in [0.4, 0.5) is 0 Å². The number of rotatable bonds is 4. The molecule has 1 aliphatic carbocycles. The molecule has 3 nitrogen and oxygen atoms in total. The molecule has 1 unspecified atom stereocenters. The van der Waals surface area contributed by atoms with Crippen LogP contribution in [0.2, 0.25) is 0 Å². The van der Waals surface area contributed by atoms with Crippen molar-refractivity contribution >= 4 is 50.1 Å². The molecule has 0 saturated heterocycles. The van der Waals surface area contributed by atoms with E-state index in [-0.39, 0.29) is 5.41 Å². The van der Waals surface area contributed by atoms with Crippen molar-refractivity contribution in [3.8, 4) is 50.6 Å². The van der Waals surface area contributed by atoms with Crippen molar-refractivity contribution < 1.29 is 0 Å². The van der Waals surface area contributed by atoms with Gasteiger partial charge in [0, 0.05) is 32.3 Å².